The highest BCUT2D eigenvalue weighted by atomic mass is 32.2. The third-order valence-corrected chi connectivity index (χ3v) is 5.75. The largest absolute Gasteiger partial charge is 0.370 e. The number of nitrogens with zero attached hydrogens (tertiary/aromatic N) is 4. The lowest BCUT2D eigenvalue weighted by molar-refractivity contribution is -0.118. The number of para-hydroxylation sites is 1. The van der Waals surface area contributed by atoms with Gasteiger partial charge in [-0.2, -0.15) is 0 Å². The Kier molecular flexibility index (Phi) is 5.15. The first-order valence-electron chi connectivity index (χ1n) is 9.35. The molecule has 2 aliphatic rings. The van der Waals surface area contributed by atoms with E-state index in [0.717, 1.165) is 29.5 Å². The van der Waals surface area contributed by atoms with Gasteiger partial charge < -0.3 is 15.2 Å². The van der Waals surface area contributed by atoms with Crippen molar-refractivity contribution >= 4 is 29.3 Å². The van der Waals surface area contributed by atoms with E-state index in [4.69, 9.17) is 5.73 Å². The van der Waals surface area contributed by atoms with Gasteiger partial charge in [-0.3, -0.25) is 9.59 Å². The maximum Gasteiger partial charge on any atom is 0.237 e. The summed E-state index contributed by atoms with van der Waals surface area (Å²) in [4.78, 5) is 25.7. The second kappa shape index (κ2) is 7.72. The standard InChI is InChI=1S/C19H23N5O2S/c20-16(25)10-11-23(14-4-2-1-3-5-14)17(26)12-27-19-22-21-18(13-6-7-13)24(19)15-8-9-15/h1-5,13,15H,6-12H2,(H2,20,25). The van der Waals surface area contributed by atoms with Crippen molar-refractivity contribution < 1.29 is 9.59 Å². The lowest BCUT2D eigenvalue weighted by Gasteiger charge is -2.22. The molecule has 27 heavy (non-hydrogen) atoms. The molecule has 4 rings (SSSR count). The molecule has 1 aromatic carbocycles. The summed E-state index contributed by atoms with van der Waals surface area (Å²) in [6.45, 7) is 0.279. The van der Waals surface area contributed by atoms with Crippen molar-refractivity contribution in [2.75, 3.05) is 17.2 Å². The predicted octanol–water partition coefficient (Wildman–Crippen LogP) is 2.49. The van der Waals surface area contributed by atoms with Gasteiger partial charge >= 0.3 is 0 Å². The van der Waals surface area contributed by atoms with Gasteiger partial charge in [-0.05, 0) is 37.8 Å². The summed E-state index contributed by atoms with van der Waals surface area (Å²) in [6.07, 6.45) is 4.82. The Morgan fingerprint density at radius 2 is 1.89 bits per heavy atom. The van der Waals surface area contributed by atoms with Crippen molar-refractivity contribution in [2.24, 2.45) is 5.73 Å². The third kappa shape index (κ3) is 4.32. The van der Waals surface area contributed by atoms with Crippen LogP contribution in [0.15, 0.2) is 35.5 Å². The zero-order valence-electron chi connectivity index (χ0n) is 15.1. The highest BCUT2D eigenvalue weighted by molar-refractivity contribution is 7.99. The number of primary amides is 1. The summed E-state index contributed by atoms with van der Waals surface area (Å²) in [5, 5.41) is 9.56. The average molecular weight is 385 g/mol. The fourth-order valence-corrected chi connectivity index (χ4v) is 4.00. The number of thioether (sulfide) groups is 1. The van der Waals surface area contributed by atoms with E-state index in [1.165, 1.54) is 24.6 Å². The number of aromatic nitrogens is 3. The van der Waals surface area contributed by atoms with E-state index in [1.54, 1.807) is 4.90 Å². The molecule has 0 bridgehead atoms. The summed E-state index contributed by atoms with van der Waals surface area (Å²) < 4.78 is 2.24. The van der Waals surface area contributed by atoms with E-state index >= 15 is 0 Å². The first-order valence-corrected chi connectivity index (χ1v) is 10.3. The molecule has 2 aliphatic carbocycles. The van der Waals surface area contributed by atoms with Crippen LogP contribution in [0.4, 0.5) is 5.69 Å². The van der Waals surface area contributed by atoms with Crippen LogP contribution in [0.1, 0.15) is 49.9 Å². The number of benzene rings is 1. The van der Waals surface area contributed by atoms with Crippen molar-refractivity contribution in [3.63, 3.8) is 0 Å². The van der Waals surface area contributed by atoms with Gasteiger partial charge in [0, 0.05) is 30.6 Å². The van der Waals surface area contributed by atoms with Crippen molar-refractivity contribution in [2.45, 2.75) is 49.2 Å². The molecule has 2 fully saturated rings. The second-order valence-corrected chi connectivity index (χ2v) is 8.04. The molecule has 142 valence electrons. The molecule has 2 amide bonds. The molecule has 1 aromatic heterocycles. The second-order valence-electron chi connectivity index (χ2n) is 7.10. The van der Waals surface area contributed by atoms with E-state index in [0.29, 0.717) is 12.0 Å². The Labute approximate surface area is 162 Å². The quantitative estimate of drug-likeness (QED) is 0.669. The van der Waals surface area contributed by atoms with Crippen molar-refractivity contribution in [1.29, 1.82) is 0 Å². The van der Waals surface area contributed by atoms with Crippen LogP contribution in [0, 0.1) is 0 Å². The van der Waals surface area contributed by atoms with Crippen LogP contribution in [0.3, 0.4) is 0 Å². The topological polar surface area (TPSA) is 94.1 Å². The maximum absolute atomic E-state index is 12.9. The number of anilines is 1. The molecule has 0 unspecified atom stereocenters. The number of carbonyl (C=O) groups is 2. The maximum atomic E-state index is 12.9. The summed E-state index contributed by atoms with van der Waals surface area (Å²) >= 11 is 1.43. The van der Waals surface area contributed by atoms with Gasteiger partial charge in [-0.15, -0.1) is 10.2 Å². The highest BCUT2D eigenvalue weighted by Gasteiger charge is 2.36. The molecular weight excluding hydrogens is 362 g/mol. The molecule has 0 saturated heterocycles. The lowest BCUT2D eigenvalue weighted by atomic mass is 10.2. The SMILES string of the molecule is NC(=O)CCN(C(=O)CSc1nnc(C2CC2)n1C1CC1)c1ccccc1. The molecule has 2 N–H and O–H groups in total. The minimum absolute atomic E-state index is 0.0641. The van der Waals surface area contributed by atoms with Gasteiger partial charge in [0.2, 0.25) is 11.8 Å². The van der Waals surface area contributed by atoms with Crippen LogP contribution in [0.2, 0.25) is 0 Å². The molecule has 7 nitrogen and oxygen atoms in total. The van der Waals surface area contributed by atoms with Gasteiger partial charge in [0.05, 0.1) is 5.75 Å². The van der Waals surface area contributed by atoms with Gasteiger partial charge in [0.1, 0.15) is 5.82 Å². The Bertz CT molecular complexity index is 830. The van der Waals surface area contributed by atoms with Crippen LogP contribution in [0.5, 0.6) is 0 Å². The van der Waals surface area contributed by atoms with Crippen LogP contribution in [-0.4, -0.2) is 38.9 Å². The minimum atomic E-state index is -0.418. The summed E-state index contributed by atoms with van der Waals surface area (Å²) in [6, 6.07) is 9.86. The predicted molar refractivity (Wildman–Crippen MR) is 104 cm³/mol. The van der Waals surface area contributed by atoms with Gasteiger partial charge in [-0.1, -0.05) is 30.0 Å². The molecule has 1 heterocycles. The average Bonchev–Trinajstić information content (AvgIpc) is 3.59. The molecule has 0 radical (unpaired) electrons. The fourth-order valence-electron chi connectivity index (χ4n) is 3.11. The summed E-state index contributed by atoms with van der Waals surface area (Å²) in [7, 11) is 0. The Morgan fingerprint density at radius 3 is 2.52 bits per heavy atom. The first-order chi connectivity index (χ1) is 13.1. The summed E-state index contributed by atoms with van der Waals surface area (Å²) in [5.74, 6) is 1.40. The molecule has 8 heteroatoms. The number of hydrogen-bond donors (Lipinski definition) is 1. The van der Waals surface area contributed by atoms with Crippen molar-refractivity contribution in [3.05, 3.63) is 36.2 Å². The zero-order valence-corrected chi connectivity index (χ0v) is 15.9. The van der Waals surface area contributed by atoms with E-state index in [2.05, 4.69) is 14.8 Å². The van der Waals surface area contributed by atoms with Gasteiger partial charge in [0.15, 0.2) is 5.16 Å². The van der Waals surface area contributed by atoms with E-state index in [9.17, 15) is 9.59 Å². The Hall–Kier alpha value is -2.35. The van der Waals surface area contributed by atoms with Crippen molar-refractivity contribution in [1.82, 2.24) is 14.8 Å². The molecule has 2 aromatic rings. The number of rotatable bonds is 9. The van der Waals surface area contributed by atoms with E-state index < -0.39 is 5.91 Å². The number of hydrogen-bond acceptors (Lipinski definition) is 5. The van der Waals surface area contributed by atoms with Crippen molar-refractivity contribution in [3.8, 4) is 0 Å². The highest BCUT2D eigenvalue weighted by Crippen LogP contribution is 2.46. The van der Waals surface area contributed by atoms with E-state index in [-0.39, 0.29) is 24.6 Å². The van der Waals surface area contributed by atoms with Gasteiger partial charge in [0.25, 0.3) is 0 Å². The number of carbonyl (C=O) groups excluding carboxylic acids is 2. The molecule has 0 atom stereocenters. The number of amides is 2. The zero-order chi connectivity index (χ0) is 18.8. The first kappa shape index (κ1) is 18.0. The van der Waals surface area contributed by atoms with Crippen LogP contribution >= 0.6 is 11.8 Å². The normalized spacial score (nSPS) is 16.3. The smallest absolute Gasteiger partial charge is 0.237 e. The Morgan fingerprint density at radius 1 is 1.15 bits per heavy atom. The molecule has 0 spiro atoms. The lowest BCUT2D eigenvalue weighted by Crippen LogP contribution is -2.35. The number of nitrogens with two attached hydrogens (primary N) is 1. The fraction of sp³-hybridized carbons (Fsp3) is 0.474. The minimum Gasteiger partial charge on any atom is -0.370 e. The van der Waals surface area contributed by atoms with Crippen LogP contribution in [0.25, 0.3) is 0 Å². The summed E-state index contributed by atoms with van der Waals surface area (Å²) in [5.41, 5.74) is 6.05. The molecular formula is C19H23N5O2S. The molecule has 0 aliphatic heterocycles. The van der Waals surface area contributed by atoms with E-state index in [1.807, 2.05) is 30.3 Å². The van der Waals surface area contributed by atoms with Crippen LogP contribution in [-0.2, 0) is 9.59 Å². The monoisotopic (exact) mass is 385 g/mol. The molecule has 2 saturated carbocycles. The Balaban J connectivity index is 1.46. The van der Waals surface area contributed by atoms with Gasteiger partial charge in [-0.25, -0.2) is 0 Å². The third-order valence-electron chi connectivity index (χ3n) is 4.82. The van der Waals surface area contributed by atoms with Crippen LogP contribution < -0.4 is 10.6 Å².